The molecule has 0 N–H and O–H groups in total. The van der Waals surface area contributed by atoms with Crippen LogP contribution in [0.4, 0.5) is 0 Å². The Balaban J connectivity index is 1.19. The summed E-state index contributed by atoms with van der Waals surface area (Å²) in [4.78, 5) is 33.5. The molecule has 0 atom stereocenters. The zero-order valence-electron chi connectivity index (χ0n) is 17.5. The second kappa shape index (κ2) is 8.96. The maximum atomic E-state index is 12.7. The monoisotopic (exact) mass is 441 g/mol. The molecular formula is C25H19N3O5. The highest BCUT2D eigenvalue weighted by atomic mass is 16.5. The molecule has 3 heterocycles. The van der Waals surface area contributed by atoms with Crippen molar-refractivity contribution in [3.63, 3.8) is 0 Å². The minimum absolute atomic E-state index is 0.0778. The van der Waals surface area contributed by atoms with Crippen molar-refractivity contribution in [3.05, 3.63) is 101 Å². The van der Waals surface area contributed by atoms with Crippen LogP contribution in [0, 0.1) is 0 Å². The van der Waals surface area contributed by atoms with Gasteiger partial charge in [0.2, 0.25) is 5.58 Å². The summed E-state index contributed by atoms with van der Waals surface area (Å²) in [7, 11) is 0. The van der Waals surface area contributed by atoms with E-state index in [0.717, 1.165) is 16.6 Å². The lowest BCUT2D eigenvalue weighted by Crippen LogP contribution is -2.25. The molecule has 0 amide bonds. The molecule has 0 saturated heterocycles. The lowest BCUT2D eigenvalue weighted by atomic mass is 10.2. The lowest BCUT2D eigenvalue weighted by molar-refractivity contribution is -0.145. The number of carbonyl (C=O) groups excluding carboxylic acids is 1. The number of hydrogen-bond acceptors (Lipinski definition) is 7. The molecule has 5 aromatic rings. The molecule has 0 radical (unpaired) electrons. The molecule has 33 heavy (non-hydrogen) atoms. The first-order valence-electron chi connectivity index (χ1n) is 10.3. The Morgan fingerprint density at radius 2 is 1.76 bits per heavy atom. The quantitative estimate of drug-likeness (QED) is 0.354. The van der Waals surface area contributed by atoms with Crippen LogP contribution in [0.15, 0.2) is 88.5 Å². The zero-order valence-corrected chi connectivity index (χ0v) is 17.5. The number of aromatic nitrogens is 3. The highest BCUT2D eigenvalue weighted by Gasteiger charge is 2.15. The Kier molecular flexibility index (Phi) is 5.55. The third-order valence-electron chi connectivity index (χ3n) is 5.09. The van der Waals surface area contributed by atoms with Gasteiger partial charge in [-0.2, -0.15) is 0 Å². The maximum absolute atomic E-state index is 12.7. The number of ether oxygens (including phenoxy) is 2. The summed E-state index contributed by atoms with van der Waals surface area (Å²) >= 11 is 0. The van der Waals surface area contributed by atoms with Gasteiger partial charge >= 0.3 is 5.97 Å². The molecule has 164 valence electrons. The minimum Gasteiger partial charge on any atom is -0.487 e. The summed E-state index contributed by atoms with van der Waals surface area (Å²) in [5.41, 5.74) is 2.37. The number of rotatable bonds is 7. The summed E-state index contributed by atoms with van der Waals surface area (Å²) < 4.78 is 17.8. The number of pyridine rings is 1. The van der Waals surface area contributed by atoms with Gasteiger partial charge in [0, 0.05) is 11.6 Å². The second-order valence-corrected chi connectivity index (χ2v) is 7.37. The van der Waals surface area contributed by atoms with Crippen LogP contribution in [0.3, 0.4) is 0 Å². The number of carbonyl (C=O) groups is 1. The van der Waals surface area contributed by atoms with Crippen molar-refractivity contribution in [2.24, 2.45) is 0 Å². The Labute approximate surface area is 188 Å². The first kappa shape index (κ1) is 20.4. The van der Waals surface area contributed by atoms with Crippen molar-refractivity contribution in [2.45, 2.75) is 19.8 Å². The number of benzene rings is 2. The summed E-state index contributed by atoms with van der Waals surface area (Å²) in [6.45, 7) is 0.187. The van der Waals surface area contributed by atoms with Crippen LogP contribution in [-0.2, 0) is 29.3 Å². The van der Waals surface area contributed by atoms with Gasteiger partial charge in [0.15, 0.2) is 0 Å². The molecule has 8 heteroatoms. The van der Waals surface area contributed by atoms with Crippen molar-refractivity contribution >= 4 is 28.0 Å². The molecule has 3 aromatic heterocycles. The zero-order chi connectivity index (χ0) is 22.6. The van der Waals surface area contributed by atoms with Crippen LogP contribution in [0.1, 0.15) is 11.3 Å². The molecule has 0 aliphatic heterocycles. The van der Waals surface area contributed by atoms with Crippen molar-refractivity contribution < 1.29 is 18.7 Å². The summed E-state index contributed by atoms with van der Waals surface area (Å²) in [5, 5.41) is 0.756. The number of esters is 1. The van der Waals surface area contributed by atoms with Crippen molar-refractivity contribution in [1.29, 1.82) is 0 Å². The van der Waals surface area contributed by atoms with Gasteiger partial charge in [0.05, 0.1) is 12.0 Å². The van der Waals surface area contributed by atoms with E-state index < -0.39 is 11.5 Å². The topological polar surface area (TPSA) is 96.5 Å². The standard InChI is InChI=1S/C25H19N3O5/c29-22(13-28-16-27-23-20-6-1-2-7-21(20)33-24(23)25(28)30)32-14-17-8-10-19(11-9-17)31-15-18-5-3-4-12-26-18/h1-12,16H,13-15H2. The van der Waals surface area contributed by atoms with Gasteiger partial charge in [-0.3, -0.25) is 19.1 Å². The Hall–Kier alpha value is -4.46. The summed E-state index contributed by atoms with van der Waals surface area (Å²) in [5.74, 6) is 0.136. The van der Waals surface area contributed by atoms with Crippen molar-refractivity contribution in [3.8, 4) is 5.75 Å². The van der Waals surface area contributed by atoms with E-state index in [0.29, 0.717) is 23.5 Å². The van der Waals surface area contributed by atoms with Gasteiger partial charge in [-0.15, -0.1) is 0 Å². The molecule has 0 aliphatic rings. The van der Waals surface area contributed by atoms with Crippen LogP contribution in [0.2, 0.25) is 0 Å². The van der Waals surface area contributed by atoms with E-state index in [1.807, 2.05) is 48.5 Å². The van der Waals surface area contributed by atoms with Gasteiger partial charge in [0.25, 0.3) is 5.56 Å². The molecular weight excluding hydrogens is 422 g/mol. The van der Waals surface area contributed by atoms with E-state index in [4.69, 9.17) is 13.9 Å². The number of fused-ring (bicyclic) bond motifs is 3. The molecule has 0 spiro atoms. The van der Waals surface area contributed by atoms with Gasteiger partial charge in [0.1, 0.15) is 36.6 Å². The minimum atomic E-state index is -0.551. The third kappa shape index (κ3) is 4.45. The molecule has 2 aromatic carbocycles. The Morgan fingerprint density at radius 3 is 2.58 bits per heavy atom. The second-order valence-electron chi connectivity index (χ2n) is 7.37. The van der Waals surface area contributed by atoms with Crippen LogP contribution >= 0.6 is 0 Å². The molecule has 5 rings (SSSR count). The molecule has 0 bridgehead atoms. The number of hydrogen-bond donors (Lipinski definition) is 0. The van der Waals surface area contributed by atoms with Gasteiger partial charge < -0.3 is 13.9 Å². The average molecular weight is 441 g/mol. The van der Waals surface area contributed by atoms with E-state index in [9.17, 15) is 9.59 Å². The molecule has 0 saturated carbocycles. The van der Waals surface area contributed by atoms with E-state index in [1.54, 1.807) is 24.4 Å². The molecule has 0 aliphatic carbocycles. The van der Waals surface area contributed by atoms with E-state index in [1.165, 1.54) is 10.9 Å². The molecule has 8 nitrogen and oxygen atoms in total. The van der Waals surface area contributed by atoms with Crippen molar-refractivity contribution in [1.82, 2.24) is 14.5 Å². The average Bonchev–Trinajstić information content (AvgIpc) is 3.24. The highest BCUT2D eigenvalue weighted by Crippen LogP contribution is 2.24. The highest BCUT2D eigenvalue weighted by molar-refractivity contribution is 6.01. The number of nitrogens with zero attached hydrogens (tertiary/aromatic N) is 3. The fourth-order valence-corrected chi connectivity index (χ4v) is 3.40. The fourth-order valence-electron chi connectivity index (χ4n) is 3.40. The lowest BCUT2D eigenvalue weighted by Gasteiger charge is -2.08. The molecule has 0 fully saturated rings. The fraction of sp³-hybridized carbons (Fsp3) is 0.120. The first-order chi connectivity index (χ1) is 16.2. The van der Waals surface area contributed by atoms with Crippen molar-refractivity contribution in [2.75, 3.05) is 0 Å². The normalized spacial score (nSPS) is 11.0. The smallest absolute Gasteiger partial charge is 0.326 e. The first-order valence-corrected chi connectivity index (χ1v) is 10.3. The largest absolute Gasteiger partial charge is 0.487 e. The van der Waals surface area contributed by atoms with Crippen LogP contribution in [0.25, 0.3) is 22.1 Å². The van der Waals surface area contributed by atoms with Crippen LogP contribution < -0.4 is 10.3 Å². The Morgan fingerprint density at radius 1 is 0.939 bits per heavy atom. The van der Waals surface area contributed by atoms with Gasteiger partial charge in [-0.1, -0.05) is 30.3 Å². The van der Waals surface area contributed by atoms with Crippen LogP contribution in [-0.4, -0.2) is 20.5 Å². The number of para-hydroxylation sites is 1. The van der Waals surface area contributed by atoms with E-state index in [2.05, 4.69) is 9.97 Å². The van der Waals surface area contributed by atoms with Gasteiger partial charge in [-0.05, 0) is 42.0 Å². The third-order valence-corrected chi connectivity index (χ3v) is 5.09. The maximum Gasteiger partial charge on any atom is 0.326 e. The van der Waals surface area contributed by atoms with E-state index >= 15 is 0 Å². The predicted molar refractivity (Wildman–Crippen MR) is 121 cm³/mol. The van der Waals surface area contributed by atoms with Crippen LogP contribution in [0.5, 0.6) is 5.75 Å². The predicted octanol–water partition coefficient (Wildman–Crippen LogP) is 3.86. The van der Waals surface area contributed by atoms with E-state index in [-0.39, 0.29) is 18.7 Å². The number of furan rings is 1. The SMILES string of the molecule is O=C(Cn1cnc2c(oc3ccccc32)c1=O)OCc1ccc(OCc2ccccn2)cc1. The Bertz CT molecular complexity index is 1470. The van der Waals surface area contributed by atoms with Gasteiger partial charge in [-0.25, -0.2) is 4.98 Å². The summed E-state index contributed by atoms with van der Waals surface area (Å²) in [6, 6.07) is 20.1. The molecule has 0 unspecified atom stereocenters. The summed E-state index contributed by atoms with van der Waals surface area (Å²) in [6.07, 6.45) is 3.05.